The Balaban J connectivity index is 1.68. The number of hydrogen-bond acceptors (Lipinski definition) is 2. The fraction of sp³-hybridized carbons (Fsp3) is 0.167. The van der Waals surface area contributed by atoms with E-state index in [-0.39, 0.29) is 17.7 Å². The predicted molar refractivity (Wildman–Crippen MR) is 118 cm³/mol. The van der Waals surface area contributed by atoms with Gasteiger partial charge in [0.05, 0.1) is 0 Å². The van der Waals surface area contributed by atoms with Crippen molar-refractivity contribution in [1.82, 2.24) is 5.32 Å². The van der Waals surface area contributed by atoms with Gasteiger partial charge in [-0.1, -0.05) is 67.9 Å². The molecule has 0 heterocycles. The van der Waals surface area contributed by atoms with E-state index in [2.05, 4.69) is 10.6 Å². The van der Waals surface area contributed by atoms with E-state index in [4.69, 9.17) is 11.6 Å². The molecule has 0 aliphatic rings. The fourth-order valence-corrected chi connectivity index (χ4v) is 3.08. The highest BCUT2D eigenvalue weighted by Gasteiger charge is 2.24. The Hall–Kier alpha value is -3.11. The van der Waals surface area contributed by atoms with Crippen LogP contribution in [-0.2, 0) is 4.79 Å². The molecule has 3 aromatic rings. The molecule has 5 heteroatoms. The summed E-state index contributed by atoms with van der Waals surface area (Å²) in [4.78, 5) is 25.3. The van der Waals surface area contributed by atoms with Gasteiger partial charge < -0.3 is 10.6 Å². The van der Waals surface area contributed by atoms with Crippen molar-refractivity contribution in [3.05, 3.63) is 89.4 Å². The van der Waals surface area contributed by atoms with Crippen LogP contribution in [0.15, 0.2) is 78.9 Å². The molecule has 0 unspecified atom stereocenters. The van der Waals surface area contributed by atoms with E-state index in [9.17, 15) is 9.59 Å². The molecule has 1 atom stereocenters. The lowest BCUT2D eigenvalue weighted by molar-refractivity contribution is -0.118. The van der Waals surface area contributed by atoms with Crippen LogP contribution in [0.3, 0.4) is 0 Å². The molecule has 2 N–H and O–H groups in total. The van der Waals surface area contributed by atoms with E-state index in [1.54, 1.807) is 24.3 Å². The zero-order valence-electron chi connectivity index (χ0n) is 16.4. The van der Waals surface area contributed by atoms with E-state index >= 15 is 0 Å². The summed E-state index contributed by atoms with van der Waals surface area (Å²) in [7, 11) is 0. The highest BCUT2D eigenvalue weighted by molar-refractivity contribution is 6.30. The Labute approximate surface area is 175 Å². The Bertz CT molecular complexity index is 968. The van der Waals surface area contributed by atoms with Crippen molar-refractivity contribution in [1.29, 1.82) is 0 Å². The van der Waals surface area contributed by atoms with Crippen LogP contribution in [0, 0.1) is 5.92 Å². The van der Waals surface area contributed by atoms with Crippen LogP contribution in [0.4, 0.5) is 5.69 Å². The molecule has 0 saturated heterocycles. The Morgan fingerprint density at radius 1 is 0.793 bits per heavy atom. The third-order valence-electron chi connectivity index (χ3n) is 4.60. The summed E-state index contributed by atoms with van der Waals surface area (Å²) in [5.74, 6) is -0.639. The van der Waals surface area contributed by atoms with E-state index in [1.165, 1.54) is 0 Å². The van der Waals surface area contributed by atoms with E-state index in [1.807, 2.05) is 68.4 Å². The standard InChI is InChI=1S/C24H23ClN2O2/c1-16(2)22(27-23(28)19-8-12-20(25)13-9-19)24(29)26-21-14-10-18(11-15-21)17-6-4-3-5-7-17/h3-16,22H,1-2H3,(H,26,29)(H,27,28)/t22-/m0/s1. The largest absolute Gasteiger partial charge is 0.340 e. The molecule has 0 bridgehead atoms. The Morgan fingerprint density at radius 3 is 1.97 bits per heavy atom. The second kappa shape index (κ2) is 9.39. The van der Waals surface area contributed by atoms with Crippen LogP contribution in [-0.4, -0.2) is 17.9 Å². The first-order chi connectivity index (χ1) is 13.9. The zero-order chi connectivity index (χ0) is 20.8. The van der Waals surface area contributed by atoms with E-state index < -0.39 is 6.04 Å². The lowest BCUT2D eigenvalue weighted by atomic mass is 10.0. The van der Waals surface area contributed by atoms with Crippen molar-refractivity contribution in [3.8, 4) is 11.1 Å². The third-order valence-corrected chi connectivity index (χ3v) is 4.85. The minimum Gasteiger partial charge on any atom is -0.340 e. The molecular weight excluding hydrogens is 384 g/mol. The summed E-state index contributed by atoms with van der Waals surface area (Å²) in [6.45, 7) is 3.79. The maximum atomic E-state index is 12.8. The van der Waals surface area contributed by atoms with Crippen molar-refractivity contribution in [2.75, 3.05) is 5.32 Å². The molecule has 29 heavy (non-hydrogen) atoms. The van der Waals surface area contributed by atoms with Gasteiger partial charge in [0, 0.05) is 16.3 Å². The first kappa shape index (κ1) is 20.6. The molecule has 0 radical (unpaired) electrons. The number of carbonyl (C=O) groups is 2. The van der Waals surface area contributed by atoms with Crippen molar-refractivity contribution in [2.24, 2.45) is 5.92 Å². The summed E-state index contributed by atoms with van der Waals surface area (Å²) in [5.41, 5.74) is 3.32. The van der Waals surface area contributed by atoms with Gasteiger partial charge in [0.25, 0.3) is 5.91 Å². The Kier molecular flexibility index (Phi) is 6.68. The molecule has 3 rings (SSSR count). The van der Waals surface area contributed by atoms with Crippen molar-refractivity contribution in [2.45, 2.75) is 19.9 Å². The SMILES string of the molecule is CC(C)[C@H](NC(=O)c1ccc(Cl)cc1)C(=O)Nc1ccc(-c2ccccc2)cc1. The molecule has 0 aliphatic carbocycles. The van der Waals surface area contributed by atoms with Crippen molar-refractivity contribution < 1.29 is 9.59 Å². The minimum atomic E-state index is -0.660. The number of benzene rings is 3. The van der Waals surface area contributed by atoms with Crippen LogP contribution in [0.5, 0.6) is 0 Å². The van der Waals surface area contributed by atoms with Gasteiger partial charge in [0.15, 0.2) is 0 Å². The molecule has 0 aromatic heterocycles. The molecule has 148 valence electrons. The average Bonchev–Trinajstić information content (AvgIpc) is 2.73. The fourth-order valence-electron chi connectivity index (χ4n) is 2.96. The number of rotatable bonds is 6. The number of amides is 2. The molecule has 3 aromatic carbocycles. The number of carbonyl (C=O) groups excluding carboxylic acids is 2. The molecule has 0 spiro atoms. The Morgan fingerprint density at radius 2 is 1.38 bits per heavy atom. The molecule has 2 amide bonds. The second-order valence-electron chi connectivity index (χ2n) is 7.13. The predicted octanol–water partition coefficient (Wildman–Crippen LogP) is 5.40. The third kappa shape index (κ3) is 5.46. The average molecular weight is 407 g/mol. The first-order valence-corrected chi connectivity index (χ1v) is 9.84. The molecule has 0 saturated carbocycles. The molecule has 0 aliphatic heterocycles. The normalized spacial score (nSPS) is 11.7. The number of anilines is 1. The molecular formula is C24H23ClN2O2. The quantitative estimate of drug-likeness (QED) is 0.575. The van der Waals surface area contributed by atoms with Gasteiger partial charge in [-0.25, -0.2) is 0 Å². The number of hydrogen-bond donors (Lipinski definition) is 2. The van der Waals surface area contributed by atoms with Gasteiger partial charge in [-0.05, 0) is 53.4 Å². The highest BCUT2D eigenvalue weighted by Crippen LogP contribution is 2.21. The molecule has 0 fully saturated rings. The minimum absolute atomic E-state index is 0.0742. The summed E-state index contributed by atoms with van der Waals surface area (Å²) in [5, 5.41) is 6.26. The van der Waals surface area contributed by atoms with Crippen LogP contribution in [0.1, 0.15) is 24.2 Å². The highest BCUT2D eigenvalue weighted by atomic mass is 35.5. The van der Waals surface area contributed by atoms with Crippen LogP contribution >= 0.6 is 11.6 Å². The summed E-state index contributed by atoms with van der Waals surface area (Å²) in [6.07, 6.45) is 0. The van der Waals surface area contributed by atoms with E-state index in [0.29, 0.717) is 16.3 Å². The maximum Gasteiger partial charge on any atom is 0.251 e. The van der Waals surface area contributed by atoms with Crippen LogP contribution in [0.25, 0.3) is 11.1 Å². The summed E-state index contributed by atoms with van der Waals surface area (Å²) < 4.78 is 0. The molecule has 4 nitrogen and oxygen atoms in total. The van der Waals surface area contributed by atoms with Crippen LogP contribution < -0.4 is 10.6 Å². The first-order valence-electron chi connectivity index (χ1n) is 9.47. The monoisotopic (exact) mass is 406 g/mol. The van der Waals surface area contributed by atoms with Gasteiger partial charge in [0.2, 0.25) is 5.91 Å². The van der Waals surface area contributed by atoms with Crippen LogP contribution in [0.2, 0.25) is 5.02 Å². The topological polar surface area (TPSA) is 58.2 Å². The second-order valence-corrected chi connectivity index (χ2v) is 7.57. The van der Waals surface area contributed by atoms with E-state index in [0.717, 1.165) is 11.1 Å². The van der Waals surface area contributed by atoms with Gasteiger partial charge >= 0.3 is 0 Å². The number of nitrogens with one attached hydrogen (secondary N) is 2. The van der Waals surface area contributed by atoms with Gasteiger partial charge in [-0.15, -0.1) is 0 Å². The van der Waals surface area contributed by atoms with Crippen molar-refractivity contribution in [3.63, 3.8) is 0 Å². The smallest absolute Gasteiger partial charge is 0.251 e. The summed E-state index contributed by atoms with van der Waals surface area (Å²) >= 11 is 5.87. The van der Waals surface area contributed by atoms with Gasteiger partial charge in [-0.3, -0.25) is 9.59 Å². The zero-order valence-corrected chi connectivity index (χ0v) is 17.1. The van der Waals surface area contributed by atoms with Gasteiger partial charge in [0.1, 0.15) is 6.04 Å². The summed E-state index contributed by atoms with van der Waals surface area (Å²) in [6, 6.07) is 23.6. The maximum absolute atomic E-state index is 12.8. The lowest BCUT2D eigenvalue weighted by Gasteiger charge is -2.22. The lowest BCUT2D eigenvalue weighted by Crippen LogP contribution is -2.47. The van der Waals surface area contributed by atoms with Gasteiger partial charge in [-0.2, -0.15) is 0 Å². The van der Waals surface area contributed by atoms with Crippen molar-refractivity contribution >= 4 is 29.1 Å². The number of halogens is 1.